The number of carbonyl (C=O) groups is 2. The van der Waals surface area contributed by atoms with E-state index in [0.29, 0.717) is 11.4 Å². The van der Waals surface area contributed by atoms with Crippen LogP contribution in [0.1, 0.15) is 37.3 Å². The van der Waals surface area contributed by atoms with Crippen molar-refractivity contribution in [2.24, 2.45) is 4.99 Å². The first-order chi connectivity index (χ1) is 12.5. The van der Waals surface area contributed by atoms with Crippen LogP contribution in [0.25, 0.3) is 10.2 Å². The van der Waals surface area contributed by atoms with Crippen LogP contribution in [0.15, 0.2) is 41.5 Å². The molecular formula is C18H20N4O3S. The number of hydrogen-bond acceptors (Lipinski definition) is 5. The monoisotopic (exact) mass is 372 g/mol. The summed E-state index contributed by atoms with van der Waals surface area (Å²) in [6.45, 7) is 6.04. The number of nitrogens with zero attached hydrogens (tertiary/aromatic N) is 4. The molecule has 0 unspecified atom stereocenters. The standard InChI is InChI=1S/C18H20N4O3S/c1-4-25-16(23)11-21-14-7-5-6-8-15(14)26-18(21)19-17(24)13-9-10-22(20-13)12(2)3/h5-10,12H,4,11H2,1-3H3. The van der Waals surface area contributed by atoms with Gasteiger partial charge in [0.05, 0.1) is 16.8 Å². The second-order valence-electron chi connectivity index (χ2n) is 5.94. The average molecular weight is 372 g/mol. The van der Waals surface area contributed by atoms with Gasteiger partial charge in [0.2, 0.25) is 0 Å². The molecule has 3 rings (SSSR count). The summed E-state index contributed by atoms with van der Waals surface area (Å²) in [5, 5.41) is 4.26. The predicted molar refractivity (Wildman–Crippen MR) is 99.0 cm³/mol. The van der Waals surface area contributed by atoms with E-state index >= 15 is 0 Å². The van der Waals surface area contributed by atoms with Gasteiger partial charge >= 0.3 is 5.97 Å². The molecule has 2 heterocycles. The minimum atomic E-state index is -0.437. The van der Waals surface area contributed by atoms with Gasteiger partial charge in [-0.15, -0.1) is 0 Å². The number of carbonyl (C=O) groups excluding carboxylic acids is 2. The van der Waals surface area contributed by atoms with Crippen molar-refractivity contribution in [1.82, 2.24) is 14.3 Å². The van der Waals surface area contributed by atoms with Gasteiger partial charge in [-0.2, -0.15) is 10.1 Å². The number of esters is 1. The van der Waals surface area contributed by atoms with E-state index in [0.717, 1.165) is 10.2 Å². The van der Waals surface area contributed by atoms with E-state index in [1.165, 1.54) is 11.3 Å². The summed E-state index contributed by atoms with van der Waals surface area (Å²) < 4.78 is 9.39. The predicted octanol–water partition coefficient (Wildman–Crippen LogP) is 2.78. The Morgan fingerprint density at radius 2 is 2.04 bits per heavy atom. The van der Waals surface area contributed by atoms with E-state index in [9.17, 15) is 9.59 Å². The molecule has 0 saturated heterocycles. The number of hydrogen-bond donors (Lipinski definition) is 0. The molecule has 7 nitrogen and oxygen atoms in total. The van der Waals surface area contributed by atoms with Crippen LogP contribution in [0.4, 0.5) is 0 Å². The summed E-state index contributed by atoms with van der Waals surface area (Å²) in [6, 6.07) is 9.42. The highest BCUT2D eigenvalue weighted by molar-refractivity contribution is 7.16. The first-order valence-electron chi connectivity index (χ1n) is 8.37. The van der Waals surface area contributed by atoms with E-state index in [-0.39, 0.29) is 24.2 Å². The Balaban J connectivity index is 2.03. The number of aromatic nitrogens is 3. The molecule has 0 N–H and O–H groups in total. The van der Waals surface area contributed by atoms with Crippen molar-refractivity contribution in [3.8, 4) is 0 Å². The first kappa shape index (κ1) is 18.1. The summed E-state index contributed by atoms with van der Waals surface area (Å²) in [5.41, 5.74) is 1.11. The maximum Gasteiger partial charge on any atom is 0.326 e. The molecule has 0 aliphatic heterocycles. The van der Waals surface area contributed by atoms with Gasteiger partial charge in [-0.1, -0.05) is 23.5 Å². The number of amides is 1. The highest BCUT2D eigenvalue weighted by atomic mass is 32.1. The molecule has 2 aromatic heterocycles. The van der Waals surface area contributed by atoms with Crippen LogP contribution in [0, 0.1) is 0 Å². The van der Waals surface area contributed by atoms with E-state index in [4.69, 9.17) is 4.74 Å². The third kappa shape index (κ3) is 3.75. The van der Waals surface area contributed by atoms with Crippen molar-refractivity contribution >= 4 is 33.4 Å². The lowest BCUT2D eigenvalue weighted by Crippen LogP contribution is -2.23. The van der Waals surface area contributed by atoms with Crippen molar-refractivity contribution < 1.29 is 14.3 Å². The molecule has 1 aromatic carbocycles. The number of ether oxygens (including phenoxy) is 1. The maximum atomic E-state index is 12.5. The van der Waals surface area contributed by atoms with E-state index in [1.807, 2.05) is 38.1 Å². The van der Waals surface area contributed by atoms with Crippen LogP contribution in [0.3, 0.4) is 0 Å². The Hall–Kier alpha value is -2.74. The van der Waals surface area contributed by atoms with Crippen LogP contribution in [-0.4, -0.2) is 32.8 Å². The Morgan fingerprint density at radius 1 is 1.27 bits per heavy atom. The Labute approximate surface area is 154 Å². The SMILES string of the molecule is CCOC(=O)Cn1c(=NC(=O)c2ccn(C(C)C)n2)sc2ccccc21. The highest BCUT2D eigenvalue weighted by Gasteiger charge is 2.14. The molecule has 0 saturated carbocycles. The van der Waals surface area contributed by atoms with Crippen LogP contribution in [0.5, 0.6) is 0 Å². The molecule has 0 spiro atoms. The molecule has 3 aromatic rings. The molecular weight excluding hydrogens is 352 g/mol. The molecule has 0 aliphatic rings. The van der Waals surface area contributed by atoms with Crippen LogP contribution >= 0.6 is 11.3 Å². The van der Waals surface area contributed by atoms with Gasteiger partial charge in [0.15, 0.2) is 10.5 Å². The fraction of sp³-hybridized carbons (Fsp3) is 0.333. The molecule has 0 atom stereocenters. The second kappa shape index (κ2) is 7.65. The topological polar surface area (TPSA) is 78.5 Å². The lowest BCUT2D eigenvalue weighted by Gasteiger charge is -2.04. The summed E-state index contributed by atoms with van der Waals surface area (Å²) in [7, 11) is 0. The van der Waals surface area contributed by atoms with E-state index < -0.39 is 5.91 Å². The molecule has 1 amide bonds. The van der Waals surface area contributed by atoms with Crippen molar-refractivity contribution in [1.29, 1.82) is 0 Å². The third-order valence-corrected chi connectivity index (χ3v) is 4.79. The first-order valence-corrected chi connectivity index (χ1v) is 9.19. The van der Waals surface area contributed by atoms with Gasteiger partial charge in [0.25, 0.3) is 5.91 Å². The van der Waals surface area contributed by atoms with Gasteiger partial charge in [-0.3, -0.25) is 14.3 Å². The Bertz CT molecular complexity index is 1010. The largest absolute Gasteiger partial charge is 0.465 e. The normalized spacial score (nSPS) is 12.1. The number of thiazole rings is 1. The second-order valence-corrected chi connectivity index (χ2v) is 6.94. The molecule has 0 bridgehead atoms. The zero-order valence-corrected chi connectivity index (χ0v) is 15.7. The molecule has 0 fully saturated rings. The Morgan fingerprint density at radius 3 is 2.73 bits per heavy atom. The number of para-hydroxylation sites is 1. The molecule has 0 radical (unpaired) electrons. The number of benzene rings is 1. The van der Waals surface area contributed by atoms with Gasteiger partial charge in [0.1, 0.15) is 6.54 Å². The van der Waals surface area contributed by atoms with Gasteiger partial charge in [-0.25, -0.2) is 0 Å². The number of rotatable bonds is 5. The smallest absolute Gasteiger partial charge is 0.326 e. The highest BCUT2D eigenvalue weighted by Crippen LogP contribution is 2.17. The van der Waals surface area contributed by atoms with Crippen LogP contribution in [-0.2, 0) is 16.1 Å². The van der Waals surface area contributed by atoms with Gasteiger partial charge in [0, 0.05) is 12.2 Å². The van der Waals surface area contributed by atoms with E-state index in [2.05, 4.69) is 10.1 Å². The third-order valence-electron chi connectivity index (χ3n) is 3.73. The summed E-state index contributed by atoms with van der Waals surface area (Å²) in [4.78, 5) is 29.1. The van der Waals surface area contributed by atoms with Gasteiger partial charge < -0.3 is 9.30 Å². The molecule has 136 valence electrons. The summed E-state index contributed by atoms with van der Waals surface area (Å²) in [5.74, 6) is -0.803. The summed E-state index contributed by atoms with van der Waals surface area (Å²) >= 11 is 1.35. The minimum absolute atomic E-state index is 0.00437. The molecule has 8 heteroatoms. The lowest BCUT2D eigenvalue weighted by molar-refractivity contribution is -0.143. The number of fused-ring (bicyclic) bond motifs is 1. The zero-order valence-electron chi connectivity index (χ0n) is 14.9. The fourth-order valence-electron chi connectivity index (χ4n) is 2.48. The van der Waals surface area contributed by atoms with Crippen LogP contribution < -0.4 is 4.80 Å². The van der Waals surface area contributed by atoms with Crippen molar-refractivity contribution in [2.75, 3.05) is 6.61 Å². The van der Waals surface area contributed by atoms with Crippen molar-refractivity contribution in [3.63, 3.8) is 0 Å². The fourth-order valence-corrected chi connectivity index (χ4v) is 3.51. The summed E-state index contributed by atoms with van der Waals surface area (Å²) in [6.07, 6.45) is 1.75. The maximum absolute atomic E-state index is 12.5. The molecule has 26 heavy (non-hydrogen) atoms. The van der Waals surface area contributed by atoms with Crippen LogP contribution in [0.2, 0.25) is 0 Å². The van der Waals surface area contributed by atoms with Crippen molar-refractivity contribution in [2.45, 2.75) is 33.4 Å². The van der Waals surface area contributed by atoms with E-state index in [1.54, 1.807) is 28.4 Å². The lowest BCUT2D eigenvalue weighted by atomic mass is 10.3. The Kier molecular flexibility index (Phi) is 5.32. The molecule has 0 aliphatic carbocycles. The van der Waals surface area contributed by atoms with Crippen molar-refractivity contribution in [3.05, 3.63) is 47.0 Å². The zero-order chi connectivity index (χ0) is 18.7. The minimum Gasteiger partial charge on any atom is -0.465 e. The average Bonchev–Trinajstić information content (AvgIpc) is 3.21. The quantitative estimate of drug-likeness (QED) is 0.645. The van der Waals surface area contributed by atoms with Gasteiger partial charge in [-0.05, 0) is 39.0 Å².